The van der Waals surface area contributed by atoms with Gasteiger partial charge in [0.1, 0.15) is 16.2 Å². The van der Waals surface area contributed by atoms with E-state index in [9.17, 15) is 26.7 Å². The number of nitrogens with one attached hydrogen (secondary N) is 2. The summed E-state index contributed by atoms with van der Waals surface area (Å²) in [5.74, 6) is -0.762. The lowest BCUT2D eigenvalue weighted by Gasteiger charge is -2.36. The zero-order valence-electron chi connectivity index (χ0n) is 19.4. The Morgan fingerprint density at radius 2 is 1.89 bits per heavy atom. The molecule has 35 heavy (non-hydrogen) atoms. The number of benzene rings is 2. The standard InChI is InChI=1S/C23H26N4O6S2/c1-13(2)10-11-23(3)16-7-5-4-6-15(16)20(28)19(21(23)29)22-25-17-9-8-14(26-35(24,32)33)12-18(17)34(30,31)27-22/h4-9,12-13,26,28H,10-11H2,1-3H3,(H,25,27)(H2,24,32,33)/t23-/m0/s1. The van der Waals surface area contributed by atoms with Crippen LogP contribution in [0.1, 0.15) is 44.7 Å². The molecule has 0 aromatic heterocycles. The number of aliphatic hydroxyl groups is 1. The molecule has 0 amide bonds. The van der Waals surface area contributed by atoms with Crippen LogP contribution < -0.4 is 15.2 Å². The monoisotopic (exact) mass is 518 g/mol. The minimum atomic E-state index is -4.35. The number of fused-ring (bicyclic) bond motifs is 2. The van der Waals surface area contributed by atoms with Crippen molar-refractivity contribution < 1.29 is 26.7 Å². The Bertz CT molecular complexity index is 1510. The summed E-state index contributed by atoms with van der Waals surface area (Å²) in [5.41, 5.74) is -0.0954. The van der Waals surface area contributed by atoms with Crippen LogP contribution in [0.3, 0.4) is 0 Å². The minimum Gasteiger partial charge on any atom is -0.506 e. The fourth-order valence-corrected chi connectivity index (χ4v) is 5.96. The van der Waals surface area contributed by atoms with Gasteiger partial charge in [-0.25, -0.2) is 5.14 Å². The highest BCUT2D eigenvalue weighted by molar-refractivity contribution is 7.91. The lowest BCUT2D eigenvalue weighted by Crippen LogP contribution is -2.42. The van der Waals surface area contributed by atoms with Gasteiger partial charge in [0.2, 0.25) is 0 Å². The number of Topliss-reactive ketones (excluding diaryl/α,β-unsaturated/α-hetero) is 1. The molecule has 1 atom stereocenters. The zero-order valence-corrected chi connectivity index (χ0v) is 21.0. The number of hydrogen-bond acceptors (Lipinski definition) is 7. The largest absolute Gasteiger partial charge is 0.506 e. The maximum atomic E-state index is 13.8. The van der Waals surface area contributed by atoms with Crippen LogP contribution in [-0.2, 0) is 30.4 Å². The van der Waals surface area contributed by atoms with Crippen molar-refractivity contribution in [2.45, 2.75) is 43.9 Å². The van der Waals surface area contributed by atoms with Crippen molar-refractivity contribution in [3.8, 4) is 0 Å². The number of amidine groups is 1. The third-order valence-electron chi connectivity index (χ3n) is 6.18. The van der Waals surface area contributed by atoms with E-state index in [0.717, 1.165) is 12.5 Å². The molecule has 2 aromatic rings. The number of ketones is 1. The van der Waals surface area contributed by atoms with Crippen LogP contribution in [-0.4, -0.2) is 33.6 Å². The molecule has 0 bridgehead atoms. The average molecular weight is 519 g/mol. The van der Waals surface area contributed by atoms with Crippen LogP contribution >= 0.6 is 0 Å². The summed E-state index contributed by atoms with van der Waals surface area (Å²) in [6.45, 7) is 5.89. The Morgan fingerprint density at radius 3 is 2.54 bits per heavy atom. The summed E-state index contributed by atoms with van der Waals surface area (Å²) in [4.78, 5) is 13.5. The number of carbonyl (C=O) groups is 1. The highest BCUT2D eigenvalue weighted by Gasteiger charge is 2.46. The fraction of sp³-hybridized carbons (Fsp3) is 0.304. The van der Waals surface area contributed by atoms with Crippen LogP contribution in [0, 0.1) is 5.92 Å². The molecule has 4 rings (SSSR count). The van der Waals surface area contributed by atoms with Crippen LogP contribution in [0.2, 0.25) is 0 Å². The van der Waals surface area contributed by atoms with E-state index in [1.807, 2.05) is 18.6 Å². The highest BCUT2D eigenvalue weighted by atomic mass is 32.2. The van der Waals surface area contributed by atoms with Crippen LogP contribution in [0.5, 0.6) is 0 Å². The Hall–Kier alpha value is -3.22. The van der Waals surface area contributed by atoms with Crippen molar-refractivity contribution in [1.29, 1.82) is 0 Å². The van der Waals surface area contributed by atoms with E-state index in [2.05, 4.69) is 9.71 Å². The van der Waals surface area contributed by atoms with E-state index in [0.29, 0.717) is 23.5 Å². The van der Waals surface area contributed by atoms with Gasteiger partial charge < -0.3 is 10.4 Å². The van der Waals surface area contributed by atoms with Gasteiger partial charge in [-0.2, -0.15) is 16.8 Å². The second kappa shape index (κ2) is 8.47. The normalized spacial score (nSPS) is 21.2. The van der Waals surface area contributed by atoms with Crippen LogP contribution in [0.25, 0.3) is 5.76 Å². The Balaban J connectivity index is 1.84. The molecule has 2 aliphatic rings. The lowest BCUT2D eigenvalue weighted by atomic mass is 9.66. The lowest BCUT2D eigenvalue weighted by molar-refractivity contribution is -0.120. The summed E-state index contributed by atoms with van der Waals surface area (Å²) < 4.78 is 54.5. The van der Waals surface area contributed by atoms with Crippen LogP contribution in [0.15, 0.2) is 57.3 Å². The number of nitrogens with zero attached hydrogens (tertiary/aromatic N) is 1. The van der Waals surface area contributed by atoms with Crippen molar-refractivity contribution in [3.63, 3.8) is 0 Å². The Labute approximate surface area is 204 Å². The SMILES string of the molecule is CC(C)CC[C@]1(C)C(=O)C(C2=NS(=O)(=O)c3cc(NS(N)(=O)=O)ccc3N2)=C(O)c2ccccc21. The molecular formula is C23H26N4O6S2. The Morgan fingerprint density at radius 1 is 1.20 bits per heavy atom. The smallest absolute Gasteiger partial charge is 0.296 e. The van der Waals surface area contributed by atoms with E-state index in [1.54, 1.807) is 31.2 Å². The summed E-state index contributed by atoms with van der Waals surface area (Å²) in [6, 6.07) is 10.7. The van der Waals surface area contributed by atoms with Gasteiger partial charge in [0.15, 0.2) is 11.6 Å². The molecule has 1 aliphatic heterocycles. The fourth-order valence-electron chi connectivity index (χ4n) is 4.35. The third-order valence-corrected chi connectivity index (χ3v) is 8.02. The van der Waals surface area contributed by atoms with Crippen molar-refractivity contribution in [3.05, 3.63) is 59.2 Å². The first kappa shape index (κ1) is 24.9. The highest BCUT2D eigenvalue weighted by Crippen LogP contribution is 2.44. The van der Waals surface area contributed by atoms with Crippen molar-refractivity contribution in [2.24, 2.45) is 15.5 Å². The first-order valence-electron chi connectivity index (χ1n) is 10.9. The van der Waals surface area contributed by atoms with Crippen molar-refractivity contribution in [1.82, 2.24) is 0 Å². The number of aliphatic hydroxyl groups excluding tert-OH is 1. The molecule has 0 unspecified atom stereocenters. The quantitative estimate of drug-likeness (QED) is 0.455. The number of anilines is 2. The Kier molecular flexibility index (Phi) is 6.02. The molecule has 186 valence electrons. The van der Waals surface area contributed by atoms with E-state index in [1.165, 1.54) is 12.1 Å². The molecular weight excluding hydrogens is 492 g/mol. The van der Waals surface area contributed by atoms with E-state index in [4.69, 9.17) is 5.14 Å². The molecule has 0 saturated heterocycles. The second-order valence-corrected chi connectivity index (χ2v) is 12.1. The summed E-state index contributed by atoms with van der Waals surface area (Å²) in [6.07, 6.45) is 1.24. The van der Waals surface area contributed by atoms with Crippen molar-refractivity contribution >= 4 is 49.0 Å². The van der Waals surface area contributed by atoms with Gasteiger partial charge in [0.25, 0.3) is 20.2 Å². The van der Waals surface area contributed by atoms with Gasteiger partial charge in [-0.3, -0.25) is 9.52 Å². The summed E-state index contributed by atoms with van der Waals surface area (Å²) in [5, 5.41) is 18.9. The first-order chi connectivity index (χ1) is 16.2. The summed E-state index contributed by atoms with van der Waals surface area (Å²) in [7, 11) is -8.48. The van der Waals surface area contributed by atoms with Crippen LogP contribution in [0.4, 0.5) is 11.4 Å². The molecule has 5 N–H and O–H groups in total. The van der Waals surface area contributed by atoms with Crippen molar-refractivity contribution in [2.75, 3.05) is 10.0 Å². The van der Waals surface area contributed by atoms with E-state index >= 15 is 0 Å². The molecule has 2 aromatic carbocycles. The molecule has 0 spiro atoms. The number of rotatable bonds is 6. The van der Waals surface area contributed by atoms with E-state index < -0.39 is 31.4 Å². The maximum Gasteiger partial charge on any atom is 0.296 e. The minimum absolute atomic E-state index is 0.0683. The van der Waals surface area contributed by atoms with Gasteiger partial charge in [-0.15, -0.1) is 4.40 Å². The molecule has 0 saturated carbocycles. The summed E-state index contributed by atoms with van der Waals surface area (Å²) >= 11 is 0. The number of nitrogens with two attached hydrogens (primary N) is 1. The third kappa shape index (κ3) is 4.56. The number of sulfonamides is 1. The van der Waals surface area contributed by atoms with E-state index in [-0.39, 0.29) is 33.4 Å². The predicted octanol–water partition coefficient (Wildman–Crippen LogP) is 3.06. The molecule has 1 aliphatic carbocycles. The topological polar surface area (TPSA) is 168 Å². The predicted molar refractivity (Wildman–Crippen MR) is 134 cm³/mol. The van der Waals surface area contributed by atoms with Gasteiger partial charge in [-0.05, 0) is 49.4 Å². The maximum absolute atomic E-state index is 13.8. The molecule has 10 nitrogen and oxygen atoms in total. The zero-order chi connectivity index (χ0) is 25.8. The van der Waals surface area contributed by atoms with Gasteiger partial charge >= 0.3 is 0 Å². The van der Waals surface area contributed by atoms with Gasteiger partial charge in [0.05, 0.1) is 16.8 Å². The average Bonchev–Trinajstić information content (AvgIpc) is 2.76. The molecule has 12 heteroatoms. The number of hydrogen-bond donors (Lipinski definition) is 4. The van der Waals surface area contributed by atoms with Gasteiger partial charge in [0, 0.05) is 5.56 Å². The molecule has 0 fully saturated rings. The first-order valence-corrected chi connectivity index (χ1v) is 13.9. The second-order valence-electron chi connectivity index (χ2n) is 9.26. The number of carbonyl (C=O) groups excluding carboxylic acids is 1. The molecule has 1 heterocycles. The van der Waals surface area contributed by atoms with Gasteiger partial charge in [-0.1, -0.05) is 38.1 Å². The molecule has 0 radical (unpaired) electrons.